The Kier molecular flexibility index (Phi) is 2.74. The van der Waals surface area contributed by atoms with E-state index >= 15 is 0 Å². The number of ether oxygens (including phenoxy) is 1. The maximum absolute atomic E-state index is 11.4. The highest BCUT2D eigenvalue weighted by atomic mass is 16.5. The fraction of sp³-hybridized carbons (Fsp3) is 0.900. The summed E-state index contributed by atoms with van der Waals surface area (Å²) in [4.78, 5) is 11.4. The lowest BCUT2D eigenvalue weighted by molar-refractivity contribution is -0.132. The first kappa shape index (κ1) is 9.93. The minimum atomic E-state index is -0.346. The van der Waals surface area contributed by atoms with Crippen LogP contribution in [0.3, 0.4) is 0 Å². The molecule has 0 unspecified atom stereocenters. The van der Waals surface area contributed by atoms with Crippen LogP contribution in [-0.2, 0) is 9.53 Å². The van der Waals surface area contributed by atoms with Crippen LogP contribution in [0.2, 0.25) is 0 Å². The molecule has 80 valence electrons. The Bertz CT molecular complexity index is 220. The van der Waals surface area contributed by atoms with Crippen molar-refractivity contribution in [3.63, 3.8) is 0 Å². The van der Waals surface area contributed by atoms with Gasteiger partial charge in [0.2, 0.25) is 5.91 Å². The number of primary amides is 1. The third kappa shape index (κ3) is 2.07. The van der Waals surface area contributed by atoms with Gasteiger partial charge in [-0.15, -0.1) is 0 Å². The zero-order valence-corrected chi connectivity index (χ0v) is 8.42. The molecule has 0 bridgehead atoms. The van der Waals surface area contributed by atoms with Crippen molar-refractivity contribution in [2.24, 2.45) is 11.1 Å². The molecule has 2 aliphatic rings. The molecule has 0 spiro atoms. The summed E-state index contributed by atoms with van der Waals surface area (Å²) >= 11 is 0. The van der Waals surface area contributed by atoms with Crippen molar-refractivity contribution < 1.29 is 9.53 Å². The van der Waals surface area contributed by atoms with E-state index in [4.69, 9.17) is 10.5 Å². The fourth-order valence-electron chi connectivity index (χ4n) is 1.90. The molecular weight excluding hydrogens is 180 g/mol. The van der Waals surface area contributed by atoms with E-state index in [1.165, 1.54) is 12.8 Å². The number of carbonyl (C=O) groups is 1. The van der Waals surface area contributed by atoms with Crippen LogP contribution in [0, 0.1) is 5.41 Å². The van der Waals surface area contributed by atoms with Gasteiger partial charge in [0.25, 0.3) is 0 Å². The quantitative estimate of drug-likeness (QED) is 0.669. The molecule has 2 rings (SSSR count). The average molecular weight is 198 g/mol. The summed E-state index contributed by atoms with van der Waals surface area (Å²) in [5, 5.41) is 3.39. The molecule has 4 nitrogen and oxygen atoms in total. The van der Waals surface area contributed by atoms with Gasteiger partial charge in [0.1, 0.15) is 0 Å². The molecule has 1 heterocycles. The summed E-state index contributed by atoms with van der Waals surface area (Å²) in [5.74, 6) is -0.172. The van der Waals surface area contributed by atoms with Crippen LogP contribution in [-0.4, -0.2) is 31.7 Å². The summed E-state index contributed by atoms with van der Waals surface area (Å²) in [7, 11) is 0. The molecule has 3 N–H and O–H groups in total. The topological polar surface area (TPSA) is 64.4 Å². The van der Waals surface area contributed by atoms with Crippen molar-refractivity contribution in [2.45, 2.75) is 31.7 Å². The second-order valence-electron chi connectivity index (χ2n) is 4.41. The second-order valence-corrected chi connectivity index (χ2v) is 4.41. The number of rotatable bonds is 4. The lowest BCUT2D eigenvalue weighted by Gasteiger charge is -2.34. The van der Waals surface area contributed by atoms with E-state index < -0.39 is 0 Å². The zero-order chi connectivity index (χ0) is 10.0. The number of amides is 1. The van der Waals surface area contributed by atoms with Crippen LogP contribution in [0.1, 0.15) is 25.7 Å². The number of hydrogen-bond acceptors (Lipinski definition) is 3. The first-order chi connectivity index (χ1) is 6.73. The van der Waals surface area contributed by atoms with Crippen molar-refractivity contribution >= 4 is 5.91 Å². The lowest BCUT2D eigenvalue weighted by Crippen LogP contribution is -2.48. The van der Waals surface area contributed by atoms with Crippen molar-refractivity contribution in [1.82, 2.24) is 5.32 Å². The van der Waals surface area contributed by atoms with Crippen molar-refractivity contribution in [3.8, 4) is 0 Å². The number of nitrogens with two attached hydrogens (primary N) is 1. The first-order valence-corrected chi connectivity index (χ1v) is 5.34. The molecule has 0 aromatic heterocycles. The maximum Gasteiger partial charge on any atom is 0.225 e. The molecule has 1 aliphatic heterocycles. The zero-order valence-electron chi connectivity index (χ0n) is 8.42. The van der Waals surface area contributed by atoms with Crippen LogP contribution in [0.5, 0.6) is 0 Å². The summed E-state index contributed by atoms with van der Waals surface area (Å²) in [6, 6.07) is 0.633. The molecular formula is C10H18N2O2. The summed E-state index contributed by atoms with van der Waals surface area (Å²) in [5.41, 5.74) is 5.13. The Hall–Kier alpha value is -0.610. The standard InChI is InChI=1S/C10H18N2O2/c11-9(13)10(3-5-14-6-4-10)7-12-8-1-2-8/h8,12H,1-7H2,(H2,11,13). The third-order valence-electron chi connectivity index (χ3n) is 3.28. The molecule has 4 heteroatoms. The monoisotopic (exact) mass is 198 g/mol. The van der Waals surface area contributed by atoms with Gasteiger partial charge in [-0.1, -0.05) is 0 Å². The number of nitrogens with one attached hydrogen (secondary N) is 1. The Morgan fingerprint density at radius 2 is 2.07 bits per heavy atom. The van der Waals surface area contributed by atoms with E-state index in [0.29, 0.717) is 19.3 Å². The van der Waals surface area contributed by atoms with Gasteiger partial charge >= 0.3 is 0 Å². The van der Waals surface area contributed by atoms with E-state index in [0.717, 1.165) is 19.4 Å². The van der Waals surface area contributed by atoms with Gasteiger partial charge in [-0.05, 0) is 25.7 Å². The van der Waals surface area contributed by atoms with E-state index in [-0.39, 0.29) is 11.3 Å². The van der Waals surface area contributed by atoms with Gasteiger partial charge in [-0.25, -0.2) is 0 Å². The summed E-state index contributed by atoms with van der Waals surface area (Å²) in [6.45, 7) is 2.06. The normalized spacial score (nSPS) is 26.0. The van der Waals surface area contributed by atoms with Crippen LogP contribution in [0.15, 0.2) is 0 Å². The Morgan fingerprint density at radius 1 is 1.43 bits per heavy atom. The SMILES string of the molecule is NC(=O)C1(CNC2CC2)CCOCC1. The van der Waals surface area contributed by atoms with E-state index in [2.05, 4.69) is 5.32 Å². The minimum absolute atomic E-state index is 0.172. The Labute approximate surface area is 84.2 Å². The molecule has 14 heavy (non-hydrogen) atoms. The molecule has 1 saturated heterocycles. The van der Waals surface area contributed by atoms with Crippen LogP contribution < -0.4 is 11.1 Å². The summed E-state index contributed by atoms with van der Waals surface area (Å²) < 4.78 is 5.26. The molecule has 2 fully saturated rings. The maximum atomic E-state index is 11.4. The average Bonchev–Trinajstić information content (AvgIpc) is 2.99. The molecule has 0 atom stereocenters. The molecule has 0 aromatic carbocycles. The predicted molar refractivity (Wildman–Crippen MR) is 52.7 cm³/mol. The van der Waals surface area contributed by atoms with Crippen LogP contribution in [0.25, 0.3) is 0 Å². The van der Waals surface area contributed by atoms with Crippen LogP contribution in [0.4, 0.5) is 0 Å². The van der Waals surface area contributed by atoms with E-state index in [9.17, 15) is 4.79 Å². The largest absolute Gasteiger partial charge is 0.381 e. The van der Waals surface area contributed by atoms with Crippen molar-refractivity contribution in [3.05, 3.63) is 0 Å². The second kappa shape index (κ2) is 3.87. The number of carbonyl (C=O) groups excluding carboxylic acids is 1. The van der Waals surface area contributed by atoms with E-state index in [1.54, 1.807) is 0 Å². The van der Waals surface area contributed by atoms with Gasteiger partial charge in [0.15, 0.2) is 0 Å². The highest BCUT2D eigenvalue weighted by Gasteiger charge is 2.39. The van der Waals surface area contributed by atoms with Crippen LogP contribution >= 0.6 is 0 Å². The molecule has 1 aliphatic carbocycles. The Balaban J connectivity index is 1.92. The third-order valence-corrected chi connectivity index (χ3v) is 3.28. The fourth-order valence-corrected chi connectivity index (χ4v) is 1.90. The Morgan fingerprint density at radius 3 is 2.57 bits per heavy atom. The predicted octanol–water partition coefficient (Wildman–Crippen LogP) is 0.0205. The summed E-state index contributed by atoms with van der Waals surface area (Å²) in [6.07, 6.45) is 4.01. The number of hydrogen-bond donors (Lipinski definition) is 2. The molecule has 0 radical (unpaired) electrons. The minimum Gasteiger partial charge on any atom is -0.381 e. The van der Waals surface area contributed by atoms with Crippen molar-refractivity contribution in [2.75, 3.05) is 19.8 Å². The molecule has 1 saturated carbocycles. The smallest absolute Gasteiger partial charge is 0.225 e. The highest BCUT2D eigenvalue weighted by molar-refractivity contribution is 5.81. The lowest BCUT2D eigenvalue weighted by atomic mass is 9.79. The van der Waals surface area contributed by atoms with E-state index in [1.807, 2.05) is 0 Å². The van der Waals surface area contributed by atoms with Gasteiger partial charge in [0.05, 0.1) is 5.41 Å². The van der Waals surface area contributed by atoms with Gasteiger partial charge in [-0.2, -0.15) is 0 Å². The molecule has 1 amide bonds. The van der Waals surface area contributed by atoms with Gasteiger partial charge < -0.3 is 15.8 Å². The first-order valence-electron chi connectivity index (χ1n) is 5.34. The van der Waals surface area contributed by atoms with Gasteiger partial charge in [0, 0.05) is 25.8 Å². The highest BCUT2D eigenvalue weighted by Crippen LogP contribution is 2.31. The molecule has 0 aromatic rings. The van der Waals surface area contributed by atoms with Gasteiger partial charge in [-0.3, -0.25) is 4.79 Å². The van der Waals surface area contributed by atoms with Crippen molar-refractivity contribution in [1.29, 1.82) is 0 Å².